The molecule has 2 N–H and O–H groups in total. The smallest absolute Gasteiger partial charge is 0.0759 e. The van der Waals surface area contributed by atoms with Crippen LogP contribution in [-0.2, 0) is 0 Å². The molecule has 3 aliphatic rings. The molecule has 6 atom stereocenters. The Kier molecular flexibility index (Phi) is 1.15. The Balaban J connectivity index is 1.94. The number of hydrogen-bond donors (Lipinski definition) is 2. The van der Waals surface area contributed by atoms with Crippen LogP contribution in [0.5, 0.6) is 0 Å². The second kappa shape index (κ2) is 2.01. The molecule has 2 heteroatoms. The third-order valence-corrected chi connectivity index (χ3v) is 3.63. The summed E-state index contributed by atoms with van der Waals surface area (Å²) in [6.45, 7) is 0. The van der Waals surface area contributed by atoms with Gasteiger partial charge in [0.1, 0.15) is 0 Å². The van der Waals surface area contributed by atoms with Crippen molar-refractivity contribution in [2.45, 2.75) is 12.2 Å². The lowest BCUT2D eigenvalue weighted by molar-refractivity contribution is -0.106. The lowest BCUT2D eigenvalue weighted by Gasteiger charge is -2.58. The maximum absolute atomic E-state index is 9.61. The van der Waals surface area contributed by atoms with Crippen molar-refractivity contribution in [1.82, 2.24) is 0 Å². The fourth-order valence-electron chi connectivity index (χ4n) is 2.90. The second-order valence-electron chi connectivity index (χ2n) is 4.06. The van der Waals surface area contributed by atoms with E-state index in [2.05, 4.69) is 12.2 Å². The summed E-state index contributed by atoms with van der Waals surface area (Å²) in [7, 11) is 0. The van der Waals surface area contributed by atoms with Gasteiger partial charge in [0.25, 0.3) is 0 Å². The fourth-order valence-corrected chi connectivity index (χ4v) is 2.90. The van der Waals surface area contributed by atoms with Crippen LogP contribution in [0.15, 0.2) is 24.3 Å². The normalized spacial score (nSPS) is 59.8. The third-order valence-electron chi connectivity index (χ3n) is 3.63. The minimum Gasteiger partial charge on any atom is -0.389 e. The van der Waals surface area contributed by atoms with Crippen molar-refractivity contribution in [2.75, 3.05) is 0 Å². The van der Waals surface area contributed by atoms with Crippen molar-refractivity contribution in [3.05, 3.63) is 24.3 Å². The van der Waals surface area contributed by atoms with Crippen LogP contribution in [0, 0.1) is 23.7 Å². The highest BCUT2D eigenvalue weighted by atomic mass is 16.3. The summed E-state index contributed by atoms with van der Waals surface area (Å²) in [6.07, 6.45) is 7.11. The number of rotatable bonds is 0. The van der Waals surface area contributed by atoms with Gasteiger partial charge in [-0.25, -0.2) is 0 Å². The van der Waals surface area contributed by atoms with E-state index < -0.39 is 0 Å². The number of allylic oxidation sites excluding steroid dienone is 2. The summed E-state index contributed by atoms with van der Waals surface area (Å²) in [4.78, 5) is 0. The number of fused-ring (bicyclic) bond motifs is 4. The second-order valence-corrected chi connectivity index (χ2v) is 4.06. The molecule has 3 aliphatic carbocycles. The SMILES string of the molecule is OC1C=CC(O)C2C3C=CC3C12. The first-order chi connectivity index (χ1) is 5.79. The van der Waals surface area contributed by atoms with Crippen molar-refractivity contribution in [1.29, 1.82) is 0 Å². The zero-order chi connectivity index (χ0) is 8.29. The van der Waals surface area contributed by atoms with Gasteiger partial charge in [-0.2, -0.15) is 0 Å². The van der Waals surface area contributed by atoms with Crippen molar-refractivity contribution in [3.63, 3.8) is 0 Å². The lowest BCUT2D eigenvalue weighted by atomic mass is 9.47. The first kappa shape index (κ1) is 6.87. The molecule has 0 spiro atoms. The highest BCUT2D eigenvalue weighted by molar-refractivity contribution is 5.28. The first-order valence-corrected chi connectivity index (χ1v) is 4.52. The first-order valence-electron chi connectivity index (χ1n) is 4.52. The van der Waals surface area contributed by atoms with Crippen molar-refractivity contribution in [2.24, 2.45) is 23.7 Å². The van der Waals surface area contributed by atoms with Crippen LogP contribution < -0.4 is 0 Å². The largest absolute Gasteiger partial charge is 0.389 e. The highest BCUT2D eigenvalue weighted by Crippen LogP contribution is 2.57. The van der Waals surface area contributed by atoms with E-state index in [0.717, 1.165) is 0 Å². The van der Waals surface area contributed by atoms with Crippen molar-refractivity contribution < 1.29 is 10.2 Å². The van der Waals surface area contributed by atoms with E-state index in [4.69, 9.17) is 0 Å². The molecule has 0 aromatic heterocycles. The molecule has 64 valence electrons. The fraction of sp³-hybridized carbons (Fsp3) is 0.600. The Bertz CT molecular complexity index is 243. The van der Waals surface area contributed by atoms with E-state index >= 15 is 0 Å². The molecule has 6 unspecified atom stereocenters. The molecule has 1 fully saturated rings. The average Bonchev–Trinajstić information content (AvgIpc) is 2.01. The standard InChI is InChI=1S/C10H12O2/c11-7-3-4-8(12)10-6-2-1-5(6)9(7)10/h1-12H. The quantitative estimate of drug-likeness (QED) is 0.506. The summed E-state index contributed by atoms with van der Waals surface area (Å²) >= 11 is 0. The minimum atomic E-state index is -0.329. The van der Waals surface area contributed by atoms with Gasteiger partial charge in [0.05, 0.1) is 12.2 Å². The van der Waals surface area contributed by atoms with Gasteiger partial charge in [-0.3, -0.25) is 0 Å². The van der Waals surface area contributed by atoms with Gasteiger partial charge in [0, 0.05) is 11.8 Å². The molecular formula is C10H12O2. The summed E-state index contributed by atoms with van der Waals surface area (Å²) in [5.41, 5.74) is 0. The average molecular weight is 164 g/mol. The molecule has 0 saturated heterocycles. The molecule has 12 heavy (non-hydrogen) atoms. The maximum atomic E-state index is 9.61. The molecule has 1 saturated carbocycles. The van der Waals surface area contributed by atoms with E-state index in [1.165, 1.54) is 0 Å². The molecule has 0 bridgehead atoms. The van der Waals surface area contributed by atoms with Crippen LogP contribution in [0.4, 0.5) is 0 Å². The van der Waals surface area contributed by atoms with E-state index in [1.54, 1.807) is 12.2 Å². The van der Waals surface area contributed by atoms with Crippen LogP contribution in [0.1, 0.15) is 0 Å². The number of aliphatic hydroxyl groups excluding tert-OH is 2. The Morgan fingerprint density at radius 3 is 1.42 bits per heavy atom. The molecule has 3 rings (SSSR count). The third kappa shape index (κ3) is 0.595. The highest BCUT2D eigenvalue weighted by Gasteiger charge is 2.57. The summed E-state index contributed by atoms with van der Waals surface area (Å²) in [6, 6.07) is 0. The Morgan fingerprint density at radius 1 is 0.667 bits per heavy atom. The van der Waals surface area contributed by atoms with Gasteiger partial charge in [0.15, 0.2) is 0 Å². The topological polar surface area (TPSA) is 40.5 Å². The Labute approximate surface area is 71.2 Å². The summed E-state index contributed by atoms with van der Waals surface area (Å²) in [5.74, 6) is 1.68. The van der Waals surface area contributed by atoms with Gasteiger partial charge in [-0.15, -0.1) is 0 Å². The Hall–Kier alpha value is -0.600. The summed E-state index contributed by atoms with van der Waals surface area (Å²) in [5, 5.41) is 19.2. The van der Waals surface area contributed by atoms with E-state index in [1.807, 2.05) is 0 Å². The van der Waals surface area contributed by atoms with Crippen LogP contribution in [0.2, 0.25) is 0 Å². The number of aliphatic hydroxyl groups is 2. The van der Waals surface area contributed by atoms with Gasteiger partial charge in [0.2, 0.25) is 0 Å². The van der Waals surface area contributed by atoms with E-state index in [-0.39, 0.29) is 12.2 Å². The van der Waals surface area contributed by atoms with Crippen LogP contribution >= 0.6 is 0 Å². The monoisotopic (exact) mass is 164 g/mol. The van der Waals surface area contributed by atoms with Crippen LogP contribution in [-0.4, -0.2) is 22.4 Å². The Morgan fingerprint density at radius 2 is 1.08 bits per heavy atom. The molecule has 2 nitrogen and oxygen atoms in total. The van der Waals surface area contributed by atoms with Gasteiger partial charge in [-0.1, -0.05) is 24.3 Å². The van der Waals surface area contributed by atoms with Gasteiger partial charge in [-0.05, 0) is 11.8 Å². The van der Waals surface area contributed by atoms with E-state index in [9.17, 15) is 10.2 Å². The molecule has 0 aromatic rings. The summed E-state index contributed by atoms with van der Waals surface area (Å²) < 4.78 is 0. The molecule has 0 aromatic carbocycles. The predicted molar refractivity (Wildman–Crippen MR) is 44.3 cm³/mol. The molecular weight excluding hydrogens is 152 g/mol. The zero-order valence-corrected chi connectivity index (χ0v) is 6.67. The number of hydrogen-bond acceptors (Lipinski definition) is 2. The predicted octanol–water partition coefficient (Wildman–Crippen LogP) is 0.326. The molecule has 0 heterocycles. The molecule has 0 radical (unpaired) electrons. The van der Waals surface area contributed by atoms with Crippen LogP contribution in [0.25, 0.3) is 0 Å². The van der Waals surface area contributed by atoms with Crippen molar-refractivity contribution in [3.8, 4) is 0 Å². The zero-order valence-electron chi connectivity index (χ0n) is 6.67. The van der Waals surface area contributed by atoms with Gasteiger partial charge >= 0.3 is 0 Å². The van der Waals surface area contributed by atoms with Crippen LogP contribution in [0.3, 0.4) is 0 Å². The lowest BCUT2D eigenvalue weighted by Crippen LogP contribution is -2.59. The van der Waals surface area contributed by atoms with Crippen molar-refractivity contribution >= 4 is 0 Å². The van der Waals surface area contributed by atoms with Gasteiger partial charge < -0.3 is 10.2 Å². The molecule has 0 amide bonds. The van der Waals surface area contributed by atoms with E-state index in [0.29, 0.717) is 23.7 Å². The molecule has 0 aliphatic heterocycles. The maximum Gasteiger partial charge on any atom is 0.0759 e. The minimum absolute atomic E-state index is 0.292.